The summed E-state index contributed by atoms with van der Waals surface area (Å²) in [7, 11) is 3.80. The quantitative estimate of drug-likeness (QED) is 0.413. The Hall–Kier alpha value is -3.77. The summed E-state index contributed by atoms with van der Waals surface area (Å²) in [5.74, 6) is -5.00. The minimum atomic E-state index is -5.08. The highest BCUT2D eigenvalue weighted by molar-refractivity contribution is 5.93. The number of carbonyl (C=O) groups is 3. The summed E-state index contributed by atoms with van der Waals surface area (Å²) in [6.45, 7) is 5.21. The monoisotopic (exact) mass is 641 g/mol. The molecular formula is C26H33F6N5O7. The van der Waals surface area contributed by atoms with E-state index in [1.165, 1.54) is 5.56 Å². The number of hydrogen-bond acceptors (Lipinski definition) is 8. The number of alkyl halides is 6. The van der Waals surface area contributed by atoms with E-state index in [-0.39, 0.29) is 11.5 Å². The molecule has 44 heavy (non-hydrogen) atoms. The fourth-order valence-electron chi connectivity index (χ4n) is 4.36. The van der Waals surface area contributed by atoms with Crippen molar-refractivity contribution in [3.8, 4) is 0 Å². The molecule has 0 radical (unpaired) electrons. The van der Waals surface area contributed by atoms with Crippen LogP contribution < -0.4 is 0 Å². The predicted octanol–water partition coefficient (Wildman–Crippen LogP) is 2.94. The maximum absolute atomic E-state index is 12.7. The molecule has 4 rings (SSSR count). The maximum atomic E-state index is 12.7. The van der Waals surface area contributed by atoms with Crippen LogP contribution in [-0.2, 0) is 32.2 Å². The fraction of sp³-hybridized carbons (Fsp3) is 0.577. The van der Waals surface area contributed by atoms with E-state index in [2.05, 4.69) is 28.1 Å². The number of hydrogen-bond donors (Lipinski definition) is 2. The van der Waals surface area contributed by atoms with Gasteiger partial charge in [-0.3, -0.25) is 14.5 Å². The molecule has 2 fully saturated rings. The van der Waals surface area contributed by atoms with E-state index in [1.807, 2.05) is 23.4 Å². The van der Waals surface area contributed by atoms with Crippen LogP contribution in [0.3, 0.4) is 0 Å². The van der Waals surface area contributed by atoms with Crippen molar-refractivity contribution < 1.29 is 60.4 Å². The van der Waals surface area contributed by atoms with E-state index in [0.717, 1.165) is 32.5 Å². The molecule has 1 spiro atoms. The van der Waals surface area contributed by atoms with Crippen LogP contribution in [0.2, 0.25) is 0 Å². The minimum absolute atomic E-state index is 0.0151. The minimum Gasteiger partial charge on any atom is -0.475 e. The molecule has 12 nitrogen and oxygen atoms in total. The van der Waals surface area contributed by atoms with Crippen molar-refractivity contribution in [1.82, 2.24) is 24.6 Å². The van der Waals surface area contributed by atoms with Gasteiger partial charge >= 0.3 is 24.3 Å². The number of aromatic nitrogens is 3. The maximum Gasteiger partial charge on any atom is 0.490 e. The lowest BCUT2D eigenvalue weighted by molar-refractivity contribution is -0.193. The number of likely N-dealkylation sites (tertiary alicyclic amines) is 1. The van der Waals surface area contributed by atoms with Gasteiger partial charge in [-0.1, -0.05) is 6.07 Å². The van der Waals surface area contributed by atoms with Crippen LogP contribution in [0.5, 0.6) is 0 Å². The predicted molar refractivity (Wildman–Crippen MR) is 139 cm³/mol. The molecule has 2 aliphatic heterocycles. The lowest BCUT2D eigenvalue weighted by atomic mass is 9.82. The zero-order valence-corrected chi connectivity index (χ0v) is 23.8. The first-order valence-corrected chi connectivity index (χ1v) is 13.1. The number of rotatable bonds is 8. The first-order valence-electron chi connectivity index (χ1n) is 13.1. The fourth-order valence-corrected chi connectivity index (χ4v) is 4.36. The largest absolute Gasteiger partial charge is 0.490 e. The Balaban J connectivity index is 0.000000402. The van der Waals surface area contributed by atoms with Crippen molar-refractivity contribution in [1.29, 1.82) is 0 Å². The molecule has 0 aromatic carbocycles. The second-order valence-electron chi connectivity index (χ2n) is 10.2. The van der Waals surface area contributed by atoms with Gasteiger partial charge in [0, 0.05) is 38.8 Å². The number of halogens is 6. The molecule has 0 bridgehead atoms. The second-order valence-corrected chi connectivity index (χ2v) is 10.2. The Morgan fingerprint density at radius 1 is 1.11 bits per heavy atom. The Morgan fingerprint density at radius 2 is 1.73 bits per heavy atom. The summed E-state index contributed by atoms with van der Waals surface area (Å²) in [5.41, 5.74) is 1.56. The molecule has 1 atom stereocenters. The number of pyridine rings is 1. The number of carboxylic acid groups (broad SMARTS) is 2. The van der Waals surface area contributed by atoms with Crippen molar-refractivity contribution in [2.45, 2.75) is 43.9 Å². The molecule has 2 aliphatic rings. The molecule has 246 valence electrons. The van der Waals surface area contributed by atoms with Gasteiger partial charge < -0.3 is 29.5 Å². The molecule has 1 unspecified atom stereocenters. The SMILES string of the molecule is COCCn1ccc(C(=O)N2CC3(CCC(CN(C)Cc4cccnc4)CO3)C2)n1.O=C(O)C(F)(F)F.O=C(O)C(F)(F)F. The molecule has 2 saturated heterocycles. The van der Waals surface area contributed by atoms with E-state index in [1.54, 1.807) is 24.1 Å². The molecule has 18 heteroatoms. The average Bonchev–Trinajstić information content (AvgIpc) is 3.40. The van der Waals surface area contributed by atoms with Crippen LogP contribution in [-0.4, -0.2) is 118 Å². The van der Waals surface area contributed by atoms with E-state index >= 15 is 0 Å². The standard InChI is InChI=1S/C22H31N5O3.2C2HF3O2/c1-25(13-18-4-3-8-23-12-18)14-19-5-7-22(30-15-19)16-26(17-22)21(28)20-6-9-27(24-20)10-11-29-2;2*3-2(4,5)1(6)7/h3-4,6,8-9,12,19H,5,7,10-11,13-17H2,1-2H3;2*(H,6,7). The Labute approximate surface area is 248 Å². The molecular weight excluding hydrogens is 608 g/mol. The van der Waals surface area contributed by atoms with Gasteiger partial charge in [0.1, 0.15) is 11.3 Å². The van der Waals surface area contributed by atoms with Gasteiger partial charge in [-0.25, -0.2) is 9.59 Å². The van der Waals surface area contributed by atoms with Gasteiger partial charge in [0.2, 0.25) is 0 Å². The summed E-state index contributed by atoms with van der Waals surface area (Å²) in [4.78, 5) is 38.8. The number of carbonyl (C=O) groups excluding carboxylic acids is 1. The van der Waals surface area contributed by atoms with E-state index in [9.17, 15) is 31.1 Å². The lowest BCUT2D eigenvalue weighted by Gasteiger charge is -2.52. The van der Waals surface area contributed by atoms with Crippen molar-refractivity contribution in [2.24, 2.45) is 5.92 Å². The summed E-state index contributed by atoms with van der Waals surface area (Å²) < 4.78 is 76.5. The van der Waals surface area contributed by atoms with Gasteiger partial charge in [-0.15, -0.1) is 0 Å². The normalized spacial score (nSPS) is 17.6. The number of amides is 1. The zero-order chi connectivity index (χ0) is 33.1. The van der Waals surface area contributed by atoms with Crippen LogP contribution in [0.1, 0.15) is 28.9 Å². The Bertz CT molecular complexity index is 1190. The van der Waals surface area contributed by atoms with Crippen molar-refractivity contribution in [2.75, 3.05) is 47.0 Å². The molecule has 2 N–H and O–H groups in total. The van der Waals surface area contributed by atoms with Crippen LogP contribution >= 0.6 is 0 Å². The highest BCUT2D eigenvalue weighted by atomic mass is 19.4. The molecule has 2 aromatic rings. The van der Waals surface area contributed by atoms with Gasteiger partial charge in [0.05, 0.1) is 32.8 Å². The van der Waals surface area contributed by atoms with Gasteiger partial charge in [0.25, 0.3) is 5.91 Å². The highest BCUT2D eigenvalue weighted by Gasteiger charge is 2.49. The number of carboxylic acids is 2. The van der Waals surface area contributed by atoms with Gasteiger partial charge in [-0.2, -0.15) is 31.4 Å². The molecule has 0 aliphatic carbocycles. The Morgan fingerprint density at radius 3 is 2.20 bits per heavy atom. The van der Waals surface area contributed by atoms with Crippen LogP contribution in [0.4, 0.5) is 26.3 Å². The average molecular weight is 642 g/mol. The summed E-state index contributed by atoms with van der Waals surface area (Å²) in [5, 5.41) is 18.6. The van der Waals surface area contributed by atoms with Crippen LogP contribution in [0.15, 0.2) is 36.8 Å². The molecule has 4 heterocycles. The van der Waals surface area contributed by atoms with Crippen LogP contribution in [0, 0.1) is 5.92 Å². The number of nitrogens with zero attached hydrogens (tertiary/aromatic N) is 5. The topological polar surface area (TPSA) is 147 Å². The molecule has 2 aromatic heterocycles. The zero-order valence-electron chi connectivity index (χ0n) is 23.8. The summed E-state index contributed by atoms with van der Waals surface area (Å²) in [6.07, 6.45) is -2.48. The van der Waals surface area contributed by atoms with Crippen LogP contribution in [0.25, 0.3) is 0 Å². The third kappa shape index (κ3) is 11.7. The Kier molecular flexibility index (Phi) is 13.1. The van der Waals surface area contributed by atoms with Gasteiger partial charge in [-0.05, 0) is 43.5 Å². The number of aliphatic carboxylic acids is 2. The summed E-state index contributed by atoms with van der Waals surface area (Å²) >= 11 is 0. The first-order chi connectivity index (χ1) is 20.5. The van der Waals surface area contributed by atoms with Crippen molar-refractivity contribution in [3.63, 3.8) is 0 Å². The van der Waals surface area contributed by atoms with E-state index in [0.29, 0.717) is 37.9 Å². The molecule has 0 saturated carbocycles. The third-order valence-electron chi connectivity index (χ3n) is 6.49. The summed E-state index contributed by atoms with van der Waals surface area (Å²) in [6, 6.07) is 5.86. The lowest BCUT2D eigenvalue weighted by Crippen LogP contribution is -2.66. The van der Waals surface area contributed by atoms with Crippen molar-refractivity contribution >= 4 is 17.8 Å². The van der Waals surface area contributed by atoms with E-state index in [4.69, 9.17) is 29.3 Å². The molecule has 1 amide bonds. The smallest absolute Gasteiger partial charge is 0.475 e. The second kappa shape index (κ2) is 15.8. The van der Waals surface area contributed by atoms with E-state index < -0.39 is 24.3 Å². The highest BCUT2D eigenvalue weighted by Crippen LogP contribution is 2.36. The first kappa shape index (κ1) is 36.4. The van der Waals surface area contributed by atoms with Gasteiger partial charge in [0.15, 0.2) is 0 Å². The van der Waals surface area contributed by atoms with Crippen molar-refractivity contribution in [3.05, 3.63) is 48.0 Å². The number of methoxy groups -OCH3 is 1. The number of ether oxygens (including phenoxy) is 2. The third-order valence-corrected chi connectivity index (χ3v) is 6.49.